The smallest absolute Gasteiger partial charge is 0.378 e. The Morgan fingerprint density at radius 2 is 1.96 bits per heavy atom. The highest BCUT2D eigenvalue weighted by molar-refractivity contribution is 5.77. The third-order valence-electron chi connectivity index (χ3n) is 4.53. The molecule has 1 aromatic rings. The molecule has 0 spiro atoms. The van der Waals surface area contributed by atoms with Crippen LogP contribution in [0.15, 0.2) is 23.2 Å². The molecule has 3 N–H and O–H groups in total. The monoisotopic (exact) mass is 386 g/mol. The standard InChI is InChI=1S/C19H29F3N4O/c1-2-3-4-5-8-24-18(23)25-14-15-6-7-16(13-17(15)19(20,21)22)26-9-11-27-12-10-26/h6-7,13H,2-5,8-12,14H2,1H3,(H3,23,24,25). The van der Waals surface area contributed by atoms with Gasteiger partial charge in [0.1, 0.15) is 0 Å². The van der Waals surface area contributed by atoms with E-state index < -0.39 is 11.7 Å². The van der Waals surface area contributed by atoms with Crippen molar-refractivity contribution >= 4 is 11.6 Å². The first-order valence-electron chi connectivity index (χ1n) is 9.48. The number of nitrogens with one attached hydrogen (secondary N) is 1. The van der Waals surface area contributed by atoms with Gasteiger partial charge in [-0.1, -0.05) is 32.3 Å². The average molecular weight is 386 g/mol. The van der Waals surface area contributed by atoms with Crippen LogP contribution in [0.2, 0.25) is 0 Å². The maximum absolute atomic E-state index is 13.5. The van der Waals surface area contributed by atoms with E-state index in [1.807, 2.05) is 4.90 Å². The molecule has 0 aliphatic carbocycles. The fourth-order valence-corrected chi connectivity index (χ4v) is 2.98. The summed E-state index contributed by atoms with van der Waals surface area (Å²) in [7, 11) is 0. The van der Waals surface area contributed by atoms with Gasteiger partial charge in [-0.2, -0.15) is 13.2 Å². The van der Waals surface area contributed by atoms with Gasteiger partial charge in [-0.15, -0.1) is 0 Å². The summed E-state index contributed by atoms with van der Waals surface area (Å²) in [6.45, 7) is 4.92. The van der Waals surface area contributed by atoms with Crippen LogP contribution in [0.3, 0.4) is 0 Å². The molecule has 1 saturated heterocycles. The number of ether oxygens (including phenoxy) is 1. The number of nitrogens with two attached hydrogens (primary N) is 1. The number of morpholine rings is 1. The minimum absolute atomic E-state index is 0.105. The van der Waals surface area contributed by atoms with Crippen LogP contribution in [0.4, 0.5) is 18.9 Å². The molecular formula is C19H29F3N4O. The van der Waals surface area contributed by atoms with Crippen LogP contribution >= 0.6 is 0 Å². The van der Waals surface area contributed by atoms with Gasteiger partial charge >= 0.3 is 6.18 Å². The zero-order chi connectivity index (χ0) is 19.7. The van der Waals surface area contributed by atoms with E-state index in [0.717, 1.165) is 25.7 Å². The average Bonchev–Trinajstić information content (AvgIpc) is 2.66. The molecule has 0 aromatic heterocycles. The Morgan fingerprint density at radius 1 is 1.22 bits per heavy atom. The molecule has 1 aromatic carbocycles. The van der Waals surface area contributed by atoms with Crippen molar-refractivity contribution < 1.29 is 17.9 Å². The van der Waals surface area contributed by atoms with Crippen LogP contribution < -0.4 is 16.0 Å². The molecular weight excluding hydrogens is 357 g/mol. The number of hydrogen-bond donors (Lipinski definition) is 2. The summed E-state index contributed by atoms with van der Waals surface area (Å²) in [4.78, 5) is 5.98. The van der Waals surface area contributed by atoms with Crippen LogP contribution in [-0.4, -0.2) is 38.8 Å². The van der Waals surface area contributed by atoms with Crippen LogP contribution in [0.25, 0.3) is 0 Å². The molecule has 152 valence electrons. The van der Waals surface area contributed by atoms with Crippen LogP contribution in [0.5, 0.6) is 0 Å². The van der Waals surface area contributed by atoms with Gasteiger partial charge in [0.25, 0.3) is 0 Å². The van der Waals surface area contributed by atoms with Gasteiger partial charge < -0.3 is 20.7 Å². The van der Waals surface area contributed by atoms with Crippen molar-refractivity contribution in [3.8, 4) is 0 Å². The third-order valence-corrected chi connectivity index (χ3v) is 4.53. The minimum Gasteiger partial charge on any atom is -0.378 e. The van der Waals surface area contributed by atoms with Crippen molar-refractivity contribution in [3.05, 3.63) is 29.3 Å². The maximum Gasteiger partial charge on any atom is 0.416 e. The van der Waals surface area contributed by atoms with Crippen molar-refractivity contribution in [2.45, 2.75) is 45.3 Å². The van der Waals surface area contributed by atoms with Crippen LogP contribution in [0.1, 0.15) is 43.7 Å². The minimum atomic E-state index is -4.44. The molecule has 1 aliphatic heterocycles. The normalized spacial score (nSPS) is 15.9. The van der Waals surface area contributed by atoms with E-state index in [4.69, 9.17) is 10.5 Å². The summed E-state index contributed by atoms with van der Waals surface area (Å²) in [5.41, 5.74) is 5.79. The van der Waals surface area contributed by atoms with Gasteiger partial charge in [0.2, 0.25) is 0 Å². The van der Waals surface area contributed by atoms with Crippen molar-refractivity contribution in [2.24, 2.45) is 10.7 Å². The lowest BCUT2D eigenvalue weighted by atomic mass is 10.1. The highest BCUT2D eigenvalue weighted by atomic mass is 19.4. The molecule has 0 bridgehead atoms. The predicted molar refractivity (Wildman–Crippen MR) is 102 cm³/mol. The number of alkyl halides is 3. The number of aliphatic imine (C=N–C) groups is 1. The highest BCUT2D eigenvalue weighted by Gasteiger charge is 2.34. The lowest BCUT2D eigenvalue weighted by Crippen LogP contribution is -2.36. The van der Waals surface area contributed by atoms with E-state index in [1.165, 1.54) is 12.1 Å². The highest BCUT2D eigenvalue weighted by Crippen LogP contribution is 2.35. The number of halogens is 3. The van der Waals surface area contributed by atoms with E-state index >= 15 is 0 Å². The topological polar surface area (TPSA) is 62.9 Å². The quantitative estimate of drug-likeness (QED) is 0.408. The Hall–Kier alpha value is -1.96. The second-order valence-corrected chi connectivity index (χ2v) is 6.63. The molecule has 1 aliphatic rings. The summed E-state index contributed by atoms with van der Waals surface area (Å²) in [5.74, 6) is 0.178. The molecule has 1 fully saturated rings. The molecule has 1 heterocycles. The first-order valence-corrected chi connectivity index (χ1v) is 9.48. The fourth-order valence-electron chi connectivity index (χ4n) is 2.98. The molecule has 8 heteroatoms. The molecule has 0 radical (unpaired) electrons. The molecule has 0 amide bonds. The predicted octanol–water partition coefficient (Wildman–Crippen LogP) is 3.53. The van der Waals surface area contributed by atoms with Gasteiger partial charge in [0.05, 0.1) is 25.3 Å². The van der Waals surface area contributed by atoms with E-state index in [-0.39, 0.29) is 18.1 Å². The van der Waals surface area contributed by atoms with Crippen molar-refractivity contribution in [1.29, 1.82) is 0 Å². The molecule has 0 unspecified atom stereocenters. The van der Waals surface area contributed by atoms with Crippen LogP contribution in [0, 0.1) is 0 Å². The summed E-state index contributed by atoms with van der Waals surface area (Å²) < 4.78 is 45.8. The summed E-state index contributed by atoms with van der Waals surface area (Å²) in [5, 5.41) is 2.96. The number of unbranched alkanes of at least 4 members (excludes halogenated alkanes) is 3. The lowest BCUT2D eigenvalue weighted by Gasteiger charge is -2.29. The Labute approximate surface area is 158 Å². The Kier molecular flexibility index (Phi) is 8.22. The third kappa shape index (κ3) is 6.93. The van der Waals surface area contributed by atoms with Gasteiger partial charge in [0, 0.05) is 25.3 Å². The molecule has 27 heavy (non-hydrogen) atoms. The summed E-state index contributed by atoms with van der Waals surface area (Å²) in [6, 6.07) is 4.40. The summed E-state index contributed by atoms with van der Waals surface area (Å²) >= 11 is 0. The van der Waals surface area contributed by atoms with E-state index in [2.05, 4.69) is 17.2 Å². The Balaban J connectivity index is 2.03. The van der Waals surface area contributed by atoms with Gasteiger partial charge in [-0.3, -0.25) is 0 Å². The number of anilines is 1. The van der Waals surface area contributed by atoms with Gasteiger partial charge in [0.15, 0.2) is 5.96 Å². The molecule has 2 rings (SSSR count). The Bertz CT molecular complexity index is 613. The van der Waals surface area contributed by atoms with E-state index in [9.17, 15) is 13.2 Å². The van der Waals surface area contributed by atoms with Crippen molar-refractivity contribution in [1.82, 2.24) is 5.32 Å². The largest absolute Gasteiger partial charge is 0.416 e. The van der Waals surface area contributed by atoms with E-state index in [1.54, 1.807) is 6.07 Å². The number of nitrogens with zero attached hydrogens (tertiary/aromatic N) is 2. The number of hydrogen-bond acceptors (Lipinski definition) is 3. The zero-order valence-electron chi connectivity index (χ0n) is 15.8. The number of rotatable bonds is 8. The van der Waals surface area contributed by atoms with Crippen LogP contribution in [-0.2, 0) is 17.5 Å². The van der Waals surface area contributed by atoms with Gasteiger partial charge in [-0.25, -0.2) is 4.99 Å². The maximum atomic E-state index is 13.5. The van der Waals surface area contributed by atoms with E-state index in [0.29, 0.717) is 38.5 Å². The Morgan fingerprint density at radius 3 is 2.63 bits per heavy atom. The lowest BCUT2D eigenvalue weighted by molar-refractivity contribution is -0.138. The SMILES string of the molecule is CCCCCCNC(N)=NCc1ccc(N2CCOCC2)cc1C(F)(F)F. The summed E-state index contributed by atoms with van der Waals surface area (Å²) in [6.07, 6.45) is -0.0764. The van der Waals surface area contributed by atoms with Gasteiger partial charge in [-0.05, 0) is 24.1 Å². The van der Waals surface area contributed by atoms with Crippen molar-refractivity contribution in [2.75, 3.05) is 37.7 Å². The first kappa shape index (κ1) is 21.3. The number of guanidine groups is 1. The molecule has 5 nitrogen and oxygen atoms in total. The second-order valence-electron chi connectivity index (χ2n) is 6.63. The molecule has 0 saturated carbocycles. The molecule has 0 atom stereocenters. The second kappa shape index (κ2) is 10.4. The zero-order valence-corrected chi connectivity index (χ0v) is 15.8. The van der Waals surface area contributed by atoms with Crippen molar-refractivity contribution in [3.63, 3.8) is 0 Å². The first-order chi connectivity index (χ1) is 12.9. The number of benzene rings is 1. The fraction of sp³-hybridized carbons (Fsp3) is 0.632.